The summed E-state index contributed by atoms with van der Waals surface area (Å²) in [6, 6.07) is 13.0. The van der Waals surface area contributed by atoms with Gasteiger partial charge in [0.05, 0.1) is 6.54 Å². The molecule has 3 heterocycles. The van der Waals surface area contributed by atoms with Crippen molar-refractivity contribution in [2.24, 2.45) is 0 Å². The first-order chi connectivity index (χ1) is 14.6. The molecule has 2 aromatic heterocycles. The monoisotopic (exact) mass is 425 g/mol. The van der Waals surface area contributed by atoms with Crippen LogP contribution in [0.1, 0.15) is 18.0 Å². The molecule has 1 saturated heterocycles. The zero-order chi connectivity index (χ0) is 20.9. The first-order valence-electron chi connectivity index (χ1n) is 9.65. The number of aromatic nitrogens is 4. The van der Waals surface area contributed by atoms with E-state index in [1.165, 1.54) is 11.3 Å². The van der Waals surface area contributed by atoms with E-state index in [0.29, 0.717) is 16.9 Å². The molecule has 0 spiro atoms. The summed E-state index contributed by atoms with van der Waals surface area (Å²) in [5, 5.41) is 19.9. The minimum atomic E-state index is -0.421. The number of rotatable bonds is 7. The third-order valence-electron chi connectivity index (χ3n) is 4.81. The summed E-state index contributed by atoms with van der Waals surface area (Å²) in [4.78, 5) is 16.8. The van der Waals surface area contributed by atoms with Crippen LogP contribution in [0.15, 0.2) is 48.7 Å². The molecule has 156 valence electrons. The molecule has 30 heavy (non-hydrogen) atoms. The largest absolute Gasteiger partial charge is 0.464 e. The van der Waals surface area contributed by atoms with Crippen molar-refractivity contribution in [3.8, 4) is 5.19 Å². The number of hydrogen-bond donors (Lipinski definition) is 1. The molecule has 4 rings (SSSR count). The number of benzene rings is 1. The summed E-state index contributed by atoms with van der Waals surface area (Å²) in [5.74, 6) is 0.674. The summed E-state index contributed by atoms with van der Waals surface area (Å²) in [7, 11) is 3.74. The lowest BCUT2D eigenvalue weighted by Crippen LogP contribution is -2.32. The average Bonchev–Trinajstić information content (AvgIpc) is 3.39. The molecule has 10 heteroatoms. The molecular weight excluding hydrogens is 402 g/mol. The highest BCUT2D eigenvalue weighted by atomic mass is 32.1. The van der Waals surface area contributed by atoms with Crippen LogP contribution in [0.2, 0.25) is 0 Å². The zero-order valence-corrected chi connectivity index (χ0v) is 17.6. The van der Waals surface area contributed by atoms with Crippen molar-refractivity contribution in [2.75, 3.05) is 37.4 Å². The second-order valence-electron chi connectivity index (χ2n) is 7.20. The number of hydrogen-bond acceptors (Lipinski definition) is 9. The number of nitrogens with zero attached hydrogens (tertiary/aromatic N) is 6. The molecule has 3 aromatic rings. The van der Waals surface area contributed by atoms with E-state index >= 15 is 0 Å². The number of likely N-dealkylation sites (N-methyl/N-ethyl adjacent to an activating group) is 1. The van der Waals surface area contributed by atoms with Gasteiger partial charge in [-0.2, -0.15) is 5.10 Å². The lowest BCUT2D eigenvalue weighted by Gasteiger charge is -2.23. The fraction of sp³-hybridized carbons (Fsp3) is 0.350. The zero-order valence-electron chi connectivity index (χ0n) is 16.8. The minimum absolute atomic E-state index is 0.0117. The molecular formula is C20H23N7O2S. The van der Waals surface area contributed by atoms with Crippen LogP contribution in [0.5, 0.6) is 5.19 Å². The molecule has 2 atom stereocenters. The SMILES string of the molecule is CN(C)C(C(=O)Nc1nnc(OC2CCN(c3cccnn3)C2)s1)c1ccccc1. The van der Waals surface area contributed by atoms with Crippen LogP contribution in [0.25, 0.3) is 0 Å². The van der Waals surface area contributed by atoms with Crippen molar-refractivity contribution in [3.63, 3.8) is 0 Å². The summed E-state index contributed by atoms with van der Waals surface area (Å²) < 4.78 is 5.98. The van der Waals surface area contributed by atoms with Crippen molar-refractivity contribution < 1.29 is 9.53 Å². The molecule has 1 aromatic carbocycles. The molecule has 9 nitrogen and oxygen atoms in total. The van der Waals surface area contributed by atoms with Gasteiger partial charge in [-0.1, -0.05) is 35.4 Å². The average molecular weight is 426 g/mol. The van der Waals surface area contributed by atoms with E-state index in [9.17, 15) is 4.79 Å². The van der Waals surface area contributed by atoms with Gasteiger partial charge in [-0.15, -0.1) is 10.2 Å². The van der Waals surface area contributed by atoms with Gasteiger partial charge in [-0.05, 0) is 43.1 Å². The van der Waals surface area contributed by atoms with Gasteiger partial charge in [0.15, 0.2) is 5.82 Å². The highest BCUT2D eigenvalue weighted by Crippen LogP contribution is 2.28. The van der Waals surface area contributed by atoms with Crippen LogP contribution >= 0.6 is 11.3 Å². The Morgan fingerprint density at radius 2 is 2.03 bits per heavy atom. The number of anilines is 2. The number of ether oxygens (including phenoxy) is 1. The van der Waals surface area contributed by atoms with E-state index in [2.05, 4.69) is 30.6 Å². The Bertz CT molecular complexity index is 968. The summed E-state index contributed by atoms with van der Waals surface area (Å²) in [6.45, 7) is 1.55. The van der Waals surface area contributed by atoms with Crippen LogP contribution in [-0.2, 0) is 4.79 Å². The molecule has 1 aliphatic rings. The van der Waals surface area contributed by atoms with E-state index in [1.54, 1.807) is 6.20 Å². The Hall–Kier alpha value is -3.11. The van der Waals surface area contributed by atoms with E-state index in [1.807, 2.05) is 61.5 Å². The van der Waals surface area contributed by atoms with Crippen LogP contribution in [-0.4, -0.2) is 64.5 Å². The normalized spacial score (nSPS) is 17.2. The van der Waals surface area contributed by atoms with Gasteiger partial charge in [0.1, 0.15) is 12.1 Å². The third kappa shape index (κ3) is 4.71. The Balaban J connectivity index is 1.36. The Labute approximate surface area is 178 Å². The molecule has 2 unspecified atom stereocenters. The Morgan fingerprint density at radius 1 is 1.20 bits per heavy atom. The first-order valence-corrected chi connectivity index (χ1v) is 10.5. The van der Waals surface area contributed by atoms with Gasteiger partial charge in [-0.25, -0.2) is 0 Å². The van der Waals surface area contributed by atoms with E-state index in [-0.39, 0.29) is 12.0 Å². The predicted octanol–water partition coefficient (Wildman–Crippen LogP) is 2.23. The van der Waals surface area contributed by atoms with Crippen LogP contribution in [0.4, 0.5) is 10.9 Å². The topological polar surface area (TPSA) is 96.4 Å². The highest BCUT2D eigenvalue weighted by molar-refractivity contribution is 7.17. The van der Waals surface area contributed by atoms with Crippen molar-refractivity contribution in [2.45, 2.75) is 18.6 Å². The molecule has 0 radical (unpaired) electrons. The van der Waals surface area contributed by atoms with E-state index in [0.717, 1.165) is 24.3 Å². The summed E-state index contributed by atoms with van der Waals surface area (Å²) in [5.41, 5.74) is 0.913. The molecule has 1 aliphatic heterocycles. The fourth-order valence-corrected chi connectivity index (χ4v) is 4.10. The quantitative estimate of drug-likeness (QED) is 0.616. The molecule has 1 amide bonds. The van der Waals surface area contributed by atoms with Crippen molar-refractivity contribution in [1.82, 2.24) is 25.3 Å². The maximum Gasteiger partial charge on any atom is 0.296 e. The first kappa shape index (κ1) is 20.2. The molecule has 0 saturated carbocycles. The summed E-state index contributed by atoms with van der Waals surface area (Å²) >= 11 is 1.23. The molecule has 0 aliphatic carbocycles. The number of carbonyl (C=O) groups is 1. The van der Waals surface area contributed by atoms with Gasteiger partial charge >= 0.3 is 0 Å². The van der Waals surface area contributed by atoms with Crippen molar-refractivity contribution >= 4 is 28.2 Å². The van der Waals surface area contributed by atoms with Crippen LogP contribution < -0.4 is 15.0 Å². The van der Waals surface area contributed by atoms with Crippen LogP contribution in [0, 0.1) is 0 Å². The number of amides is 1. The molecule has 0 bridgehead atoms. The number of nitrogens with one attached hydrogen (secondary N) is 1. The maximum atomic E-state index is 12.8. The maximum absolute atomic E-state index is 12.8. The molecule has 1 fully saturated rings. The van der Waals surface area contributed by atoms with Crippen molar-refractivity contribution in [3.05, 3.63) is 54.2 Å². The second kappa shape index (κ2) is 9.14. The van der Waals surface area contributed by atoms with E-state index < -0.39 is 6.04 Å². The minimum Gasteiger partial charge on any atom is -0.464 e. The summed E-state index contributed by atoms with van der Waals surface area (Å²) in [6.07, 6.45) is 2.50. The van der Waals surface area contributed by atoms with Crippen molar-refractivity contribution in [1.29, 1.82) is 0 Å². The lowest BCUT2D eigenvalue weighted by atomic mass is 10.1. The number of carbonyl (C=O) groups excluding carboxylic acids is 1. The predicted molar refractivity (Wildman–Crippen MR) is 115 cm³/mol. The lowest BCUT2D eigenvalue weighted by molar-refractivity contribution is -0.120. The van der Waals surface area contributed by atoms with E-state index in [4.69, 9.17) is 4.74 Å². The van der Waals surface area contributed by atoms with Gasteiger partial charge < -0.3 is 9.64 Å². The standard InChI is InChI=1S/C20H23N7O2S/c1-26(2)17(14-7-4-3-5-8-14)18(28)22-19-24-25-20(30-19)29-15-10-12-27(13-15)16-9-6-11-21-23-16/h3-9,11,15,17H,10,12-13H2,1-2H3,(H,22,24,28). The van der Waals surface area contributed by atoms with Crippen LogP contribution in [0.3, 0.4) is 0 Å². The fourth-order valence-electron chi connectivity index (χ4n) is 3.44. The Kier molecular flexibility index (Phi) is 6.15. The van der Waals surface area contributed by atoms with Gasteiger partial charge in [0.25, 0.3) is 5.19 Å². The second-order valence-corrected chi connectivity index (χ2v) is 8.14. The smallest absolute Gasteiger partial charge is 0.296 e. The third-order valence-corrected chi connectivity index (χ3v) is 5.54. The van der Waals surface area contributed by atoms with Gasteiger partial charge in [0.2, 0.25) is 11.0 Å². The molecule has 1 N–H and O–H groups in total. The van der Waals surface area contributed by atoms with Gasteiger partial charge in [-0.3, -0.25) is 15.0 Å². The Morgan fingerprint density at radius 3 is 2.77 bits per heavy atom. The highest BCUT2D eigenvalue weighted by Gasteiger charge is 2.27. The van der Waals surface area contributed by atoms with Gasteiger partial charge in [0, 0.05) is 19.2 Å².